The molecule has 1 heterocycles. The van der Waals surface area contributed by atoms with E-state index in [2.05, 4.69) is 16.0 Å². The minimum absolute atomic E-state index is 0.00177. The lowest BCUT2D eigenvalue weighted by molar-refractivity contribution is -0.140. The molecule has 2 aromatic rings. The third kappa shape index (κ3) is 14.9. The van der Waals surface area contributed by atoms with Crippen LogP contribution in [0.4, 0.5) is 0 Å². The van der Waals surface area contributed by atoms with Gasteiger partial charge in [-0.3, -0.25) is 28.8 Å². The summed E-state index contributed by atoms with van der Waals surface area (Å²) >= 11 is 0. The number of Topliss-reactive ketones (excluding diaryl/α,β-unsaturated/α-hetero) is 2. The highest BCUT2D eigenvalue weighted by atomic mass is 16.2. The van der Waals surface area contributed by atoms with E-state index in [1.807, 2.05) is 74.5 Å². The van der Waals surface area contributed by atoms with Crippen LogP contribution in [0.5, 0.6) is 0 Å². The van der Waals surface area contributed by atoms with Crippen LogP contribution in [0, 0.1) is 17.8 Å². The summed E-state index contributed by atoms with van der Waals surface area (Å²) in [6.07, 6.45) is 3.84. The summed E-state index contributed by atoms with van der Waals surface area (Å²) in [5, 5.41) is 8.42. The summed E-state index contributed by atoms with van der Waals surface area (Å²) < 4.78 is 0. The third-order valence-electron chi connectivity index (χ3n) is 9.75. The van der Waals surface area contributed by atoms with Crippen molar-refractivity contribution in [2.24, 2.45) is 29.2 Å². The highest BCUT2D eigenvalue weighted by molar-refractivity contribution is 6.36. The van der Waals surface area contributed by atoms with Crippen LogP contribution in [0.1, 0.15) is 83.3 Å². The molecule has 2 aromatic carbocycles. The number of amides is 4. The number of ketones is 2. The summed E-state index contributed by atoms with van der Waals surface area (Å²) in [7, 11) is 0. The molecule has 0 saturated carbocycles. The third-order valence-corrected chi connectivity index (χ3v) is 9.75. The maximum absolute atomic E-state index is 14.1. The van der Waals surface area contributed by atoms with Crippen molar-refractivity contribution in [3.63, 3.8) is 0 Å². The molecule has 1 aliphatic heterocycles. The van der Waals surface area contributed by atoms with Crippen LogP contribution in [0.3, 0.4) is 0 Å². The molecular formula is C41H60N6O6. The van der Waals surface area contributed by atoms with Crippen molar-refractivity contribution in [2.75, 3.05) is 26.2 Å². The Balaban J connectivity index is 1.72. The second-order valence-corrected chi connectivity index (χ2v) is 14.6. The van der Waals surface area contributed by atoms with Crippen LogP contribution in [-0.4, -0.2) is 84.4 Å². The molecule has 7 N–H and O–H groups in total. The second kappa shape index (κ2) is 22.6. The average molecular weight is 733 g/mol. The number of nitrogens with two attached hydrogens (primary N) is 2. The summed E-state index contributed by atoms with van der Waals surface area (Å²) in [5.74, 6) is -3.01. The first-order valence-corrected chi connectivity index (χ1v) is 19.2. The van der Waals surface area contributed by atoms with Crippen LogP contribution >= 0.6 is 0 Å². The van der Waals surface area contributed by atoms with Gasteiger partial charge in [-0.25, -0.2) is 0 Å². The SMILES string of the molecule is CCNC(=O)C(=O)CC1CCN(C(=O)[C@@H](CCCCN)NC(=O)[C@H](CC(=O)[C@@H](Cc2ccccc2)NC(=O)[C@H](N)Cc2ccccc2)CC(C)C)CC1. The van der Waals surface area contributed by atoms with E-state index >= 15 is 0 Å². The van der Waals surface area contributed by atoms with Gasteiger partial charge in [-0.15, -0.1) is 0 Å². The van der Waals surface area contributed by atoms with Crippen LogP contribution in [0.25, 0.3) is 0 Å². The first-order valence-electron chi connectivity index (χ1n) is 19.2. The Morgan fingerprint density at radius 3 is 1.96 bits per heavy atom. The van der Waals surface area contributed by atoms with Gasteiger partial charge in [-0.2, -0.15) is 0 Å². The van der Waals surface area contributed by atoms with E-state index in [0.717, 1.165) is 11.1 Å². The van der Waals surface area contributed by atoms with Gasteiger partial charge in [0.15, 0.2) is 5.78 Å². The smallest absolute Gasteiger partial charge is 0.287 e. The van der Waals surface area contributed by atoms with Gasteiger partial charge in [0.1, 0.15) is 6.04 Å². The van der Waals surface area contributed by atoms with Crippen LogP contribution in [0.2, 0.25) is 0 Å². The Hall–Kier alpha value is -4.42. The first kappa shape index (κ1) is 43.0. The Morgan fingerprint density at radius 1 is 0.811 bits per heavy atom. The lowest BCUT2D eigenvalue weighted by Crippen LogP contribution is -2.53. The predicted octanol–water partition coefficient (Wildman–Crippen LogP) is 2.85. The van der Waals surface area contributed by atoms with E-state index in [4.69, 9.17) is 11.5 Å². The number of hydrogen-bond acceptors (Lipinski definition) is 8. The minimum Gasteiger partial charge on any atom is -0.350 e. The zero-order chi connectivity index (χ0) is 38.8. The molecule has 0 aromatic heterocycles. The van der Waals surface area contributed by atoms with Gasteiger partial charge in [0.25, 0.3) is 5.91 Å². The maximum Gasteiger partial charge on any atom is 0.287 e. The number of nitrogens with zero attached hydrogens (tertiary/aromatic N) is 1. The first-order chi connectivity index (χ1) is 25.4. The number of unbranched alkanes of at least 4 members (excludes halogenated alkanes) is 1. The van der Waals surface area contributed by atoms with Crippen LogP contribution < -0.4 is 27.4 Å². The quantitative estimate of drug-likeness (QED) is 0.0901. The normalized spacial score (nSPS) is 15.5. The fourth-order valence-corrected chi connectivity index (χ4v) is 6.80. The molecule has 0 radical (unpaired) electrons. The summed E-state index contributed by atoms with van der Waals surface area (Å²) in [6.45, 7) is 7.37. The fraction of sp³-hybridized carbons (Fsp3) is 0.561. The monoisotopic (exact) mass is 732 g/mol. The molecule has 1 saturated heterocycles. The molecule has 0 bridgehead atoms. The molecule has 12 heteroatoms. The maximum atomic E-state index is 14.1. The summed E-state index contributed by atoms with van der Waals surface area (Å²) in [5.41, 5.74) is 13.8. The molecule has 0 aliphatic carbocycles. The van der Waals surface area contributed by atoms with Crippen LogP contribution in [0.15, 0.2) is 60.7 Å². The number of carbonyl (C=O) groups is 6. The van der Waals surface area contributed by atoms with Crippen molar-refractivity contribution in [2.45, 2.75) is 103 Å². The van der Waals surface area contributed by atoms with Crippen molar-refractivity contribution >= 4 is 35.2 Å². The van der Waals surface area contributed by atoms with E-state index in [1.165, 1.54) is 0 Å². The Labute approximate surface area is 314 Å². The van der Waals surface area contributed by atoms with Gasteiger partial charge in [-0.1, -0.05) is 74.5 Å². The highest BCUT2D eigenvalue weighted by Crippen LogP contribution is 2.23. The minimum atomic E-state index is -0.905. The van der Waals surface area contributed by atoms with Gasteiger partial charge in [0.2, 0.25) is 23.5 Å². The summed E-state index contributed by atoms with van der Waals surface area (Å²) in [4.78, 5) is 81.2. The molecule has 4 amide bonds. The number of likely N-dealkylation sites (N-methyl/N-ethyl adjacent to an activating group) is 1. The largest absolute Gasteiger partial charge is 0.350 e. The van der Waals surface area contributed by atoms with E-state index in [-0.39, 0.29) is 48.7 Å². The summed E-state index contributed by atoms with van der Waals surface area (Å²) in [6, 6.07) is 16.2. The molecule has 1 aliphatic rings. The van der Waals surface area contributed by atoms with Gasteiger partial charge in [0.05, 0.1) is 12.1 Å². The predicted molar refractivity (Wildman–Crippen MR) is 205 cm³/mol. The van der Waals surface area contributed by atoms with Crippen molar-refractivity contribution in [3.8, 4) is 0 Å². The number of rotatable bonds is 22. The fourth-order valence-electron chi connectivity index (χ4n) is 6.80. The lowest BCUT2D eigenvalue weighted by Gasteiger charge is -2.34. The Bertz CT molecular complexity index is 1480. The zero-order valence-electron chi connectivity index (χ0n) is 31.7. The Kier molecular flexibility index (Phi) is 18.3. The average Bonchev–Trinajstić information content (AvgIpc) is 3.14. The number of carbonyl (C=O) groups excluding carboxylic acids is 6. The second-order valence-electron chi connectivity index (χ2n) is 14.6. The van der Waals surface area contributed by atoms with Crippen molar-refractivity contribution < 1.29 is 28.8 Å². The van der Waals surface area contributed by atoms with Crippen molar-refractivity contribution in [1.82, 2.24) is 20.9 Å². The number of likely N-dealkylation sites (tertiary alicyclic amines) is 1. The van der Waals surface area contributed by atoms with Gasteiger partial charge >= 0.3 is 0 Å². The van der Waals surface area contributed by atoms with E-state index in [9.17, 15) is 28.8 Å². The molecule has 290 valence electrons. The molecule has 53 heavy (non-hydrogen) atoms. The molecule has 4 atom stereocenters. The van der Waals surface area contributed by atoms with Gasteiger partial charge < -0.3 is 32.3 Å². The molecule has 0 spiro atoms. The molecule has 12 nitrogen and oxygen atoms in total. The van der Waals surface area contributed by atoms with Gasteiger partial charge in [-0.05, 0) is 87.8 Å². The molecular weight excluding hydrogens is 672 g/mol. The van der Waals surface area contributed by atoms with Crippen molar-refractivity contribution in [1.29, 1.82) is 0 Å². The molecule has 0 unspecified atom stereocenters. The lowest BCUT2D eigenvalue weighted by atomic mass is 9.88. The highest BCUT2D eigenvalue weighted by Gasteiger charge is 2.34. The Morgan fingerprint density at radius 2 is 1.40 bits per heavy atom. The van der Waals surface area contributed by atoms with Crippen molar-refractivity contribution in [3.05, 3.63) is 71.8 Å². The molecule has 1 fully saturated rings. The van der Waals surface area contributed by atoms with Crippen LogP contribution in [-0.2, 0) is 41.6 Å². The number of piperidine rings is 1. The number of nitrogens with one attached hydrogen (secondary N) is 3. The number of benzene rings is 2. The van der Waals surface area contributed by atoms with Gasteiger partial charge in [0, 0.05) is 38.4 Å². The topological polar surface area (TPSA) is 194 Å². The van der Waals surface area contributed by atoms with E-state index in [0.29, 0.717) is 71.1 Å². The van der Waals surface area contributed by atoms with E-state index in [1.54, 1.807) is 11.8 Å². The molecule has 3 rings (SSSR count). The number of hydrogen-bond donors (Lipinski definition) is 5. The standard InChI is InChI=1S/C41H60N6O6/c1-4-44-40(52)37(49)26-31-18-21-47(22-19-31)41(53)34(17-11-12-20-42)45-38(50)32(23-28(2)3)27-36(48)35(25-30-15-9-6-10-16-30)46-39(51)33(43)24-29-13-7-5-8-14-29/h5-10,13-16,28,31-35H,4,11-12,17-27,42-43H2,1-3H3,(H,44,52)(H,45,50)(H,46,51)/t32-,33+,34+,35+/m0/s1. The zero-order valence-corrected chi connectivity index (χ0v) is 31.7. The van der Waals surface area contributed by atoms with E-state index < -0.39 is 41.6 Å².